The van der Waals surface area contributed by atoms with Gasteiger partial charge in [0, 0.05) is 24.7 Å². The first-order valence-corrected chi connectivity index (χ1v) is 15.1. The third-order valence-electron chi connectivity index (χ3n) is 6.54. The fourth-order valence-electron chi connectivity index (χ4n) is 4.36. The zero-order valence-corrected chi connectivity index (χ0v) is 23.9. The van der Waals surface area contributed by atoms with Gasteiger partial charge in [0.05, 0.1) is 28.8 Å². The summed E-state index contributed by atoms with van der Waals surface area (Å²) in [6.45, 7) is 2.73. The summed E-state index contributed by atoms with van der Waals surface area (Å²) in [5.74, 6) is 0.422. The maximum atomic E-state index is 13.8. The van der Waals surface area contributed by atoms with Crippen LogP contribution < -0.4 is 9.64 Å². The van der Waals surface area contributed by atoms with Crippen molar-refractivity contribution in [2.24, 2.45) is 0 Å². The van der Waals surface area contributed by atoms with Crippen LogP contribution in [0.15, 0.2) is 108 Å². The molecule has 1 amide bonds. The van der Waals surface area contributed by atoms with Crippen LogP contribution in [0.4, 0.5) is 5.13 Å². The van der Waals surface area contributed by atoms with Crippen molar-refractivity contribution in [2.75, 3.05) is 18.6 Å². The van der Waals surface area contributed by atoms with Gasteiger partial charge < -0.3 is 4.74 Å². The van der Waals surface area contributed by atoms with Gasteiger partial charge in [-0.3, -0.25) is 9.69 Å². The van der Waals surface area contributed by atoms with Crippen molar-refractivity contribution < 1.29 is 17.9 Å². The molecule has 1 heterocycles. The highest BCUT2D eigenvalue weighted by molar-refractivity contribution is 7.89. The van der Waals surface area contributed by atoms with E-state index in [0.717, 1.165) is 21.3 Å². The predicted molar refractivity (Wildman–Crippen MR) is 159 cm³/mol. The van der Waals surface area contributed by atoms with Crippen LogP contribution >= 0.6 is 11.3 Å². The minimum absolute atomic E-state index is 0.142. The molecule has 0 radical (unpaired) electrons. The van der Waals surface area contributed by atoms with Crippen LogP contribution in [0.25, 0.3) is 10.2 Å². The van der Waals surface area contributed by atoms with E-state index < -0.39 is 10.0 Å². The van der Waals surface area contributed by atoms with Gasteiger partial charge in [0.2, 0.25) is 10.0 Å². The first-order chi connectivity index (χ1) is 19.4. The van der Waals surface area contributed by atoms with Crippen LogP contribution in [0.5, 0.6) is 5.75 Å². The van der Waals surface area contributed by atoms with E-state index in [9.17, 15) is 13.2 Å². The molecular formula is C31H29N3O4S2. The number of carbonyl (C=O) groups excluding carboxylic acids is 1. The minimum atomic E-state index is -3.75. The minimum Gasteiger partial charge on any atom is -0.497 e. The van der Waals surface area contributed by atoms with Crippen molar-refractivity contribution in [3.8, 4) is 5.75 Å². The van der Waals surface area contributed by atoms with Crippen molar-refractivity contribution in [1.29, 1.82) is 0 Å². The summed E-state index contributed by atoms with van der Waals surface area (Å²) in [4.78, 5) is 20.4. The molecule has 1 aromatic heterocycles. The number of hydrogen-bond acceptors (Lipinski definition) is 6. The molecule has 0 saturated carbocycles. The van der Waals surface area contributed by atoms with E-state index in [1.807, 2.05) is 85.8 Å². The molecular weight excluding hydrogens is 542 g/mol. The molecule has 0 unspecified atom stereocenters. The number of sulfonamides is 1. The van der Waals surface area contributed by atoms with Crippen LogP contribution in [0.2, 0.25) is 0 Å². The summed E-state index contributed by atoms with van der Waals surface area (Å²) in [6, 6.07) is 30.9. The Hall–Kier alpha value is -4.05. The Morgan fingerprint density at radius 1 is 0.850 bits per heavy atom. The highest BCUT2D eigenvalue weighted by Gasteiger charge is 2.26. The number of carbonyl (C=O) groups is 1. The second-order valence-corrected chi connectivity index (χ2v) is 12.1. The topological polar surface area (TPSA) is 79.8 Å². The number of thiazole rings is 1. The monoisotopic (exact) mass is 571 g/mol. The summed E-state index contributed by atoms with van der Waals surface area (Å²) < 4.78 is 34.5. The summed E-state index contributed by atoms with van der Waals surface area (Å²) >= 11 is 1.42. The second kappa shape index (κ2) is 12.0. The van der Waals surface area contributed by atoms with Crippen molar-refractivity contribution in [1.82, 2.24) is 9.29 Å². The van der Waals surface area contributed by atoms with E-state index in [0.29, 0.717) is 29.5 Å². The van der Waals surface area contributed by atoms with Gasteiger partial charge in [-0.1, -0.05) is 78.9 Å². The maximum Gasteiger partial charge on any atom is 0.260 e. The molecule has 7 nitrogen and oxygen atoms in total. The lowest BCUT2D eigenvalue weighted by Gasteiger charge is -2.22. The molecule has 0 saturated heterocycles. The Balaban J connectivity index is 1.44. The van der Waals surface area contributed by atoms with E-state index in [2.05, 4.69) is 0 Å². The Kier molecular flexibility index (Phi) is 8.25. The third-order valence-corrected chi connectivity index (χ3v) is 9.53. The maximum absolute atomic E-state index is 13.8. The molecule has 204 valence electrons. The fraction of sp³-hybridized carbons (Fsp3) is 0.161. The van der Waals surface area contributed by atoms with Crippen molar-refractivity contribution in [2.45, 2.75) is 24.9 Å². The molecule has 5 aromatic rings. The lowest BCUT2D eigenvalue weighted by Crippen LogP contribution is -2.31. The SMILES string of the molecule is CCN(Cc1ccccc1)S(=O)(=O)c1ccc(C(=O)N(Cc2ccccc2)c2nc3cc(OC)ccc3s2)cc1. The average molecular weight is 572 g/mol. The Labute approximate surface area is 238 Å². The zero-order chi connectivity index (χ0) is 28.1. The van der Waals surface area contributed by atoms with E-state index in [4.69, 9.17) is 9.72 Å². The number of anilines is 1. The largest absolute Gasteiger partial charge is 0.497 e. The number of amides is 1. The molecule has 4 aromatic carbocycles. The van der Waals surface area contributed by atoms with Crippen molar-refractivity contribution in [3.63, 3.8) is 0 Å². The first-order valence-electron chi connectivity index (χ1n) is 12.8. The van der Waals surface area contributed by atoms with E-state index in [1.54, 1.807) is 24.1 Å². The molecule has 0 aliphatic rings. The average Bonchev–Trinajstić information content (AvgIpc) is 3.42. The Bertz CT molecular complexity index is 1700. The summed E-state index contributed by atoms with van der Waals surface area (Å²) in [7, 11) is -2.15. The van der Waals surface area contributed by atoms with Gasteiger partial charge in [0.15, 0.2) is 5.13 Å². The number of aromatic nitrogens is 1. The molecule has 0 N–H and O–H groups in total. The normalized spacial score (nSPS) is 11.6. The smallest absolute Gasteiger partial charge is 0.260 e. The number of hydrogen-bond donors (Lipinski definition) is 0. The molecule has 0 fully saturated rings. The Morgan fingerprint density at radius 3 is 2.08 bits per heavy atom. The quantitative estimate of drug-likeness (QED) is 0.195. The van der Waals surface area contributed by atoms with Crippen molar-refractivity contribution >= 4 is 42.6 Å². The van der Waals surface area contributed by atoms with Gasteiger partial charge in [0.25, 0.3) is 5.91 Å². The van der Waals surface area contributed by atoms with Crippen LogP contribution in [-0.2, 0) is 23.1 Å². The molecule has 40 heavy (non-hydrogen) atoms. The van der Waals surface area contributed by atoms with Gasteiger partial charge in [0.1, 0.15) is 5.75 Å². The Morgan fingerprint density at radius 2 is 1.48 bits per heavy atom. The first kappa shape index (κ1) is 27.5. The summed E-state index contributed by atoms with van der Waals surface area (Å²) in [5, 5.41) is 0.550. The molecule has 0 spiro atoms. The number of rotatable bonds is 10. The lowest BCUT2D eigenvalue weighted by atomic mass is 10.1. The number of nitrogens with zero attached hydrogens (tertiary/aromatic N) is 3. The van der Waals surface area contributed by atoms with Gasteiger partial charge in [-0.25, -0.2) is 13.4 Å². The number of benzene rings is 4. The summed E-state index contributed by atoms with van der Waals surface area (Å²) in [5.41, 5.74) is 2.97. The second-order valence-electron chi connectivity index (χ2n) is 9.15. The van der Waals surface area contributed by atoms with Crippen molar-refractivity contribution in [3.05, 3.63) is 120 Å². The van der Waals surface area contributed by atoms with E-state index in [1.165, 1.54) is 27.8 Å². The standard InChI is InChI=1S/C31H29N3O4S2/c1-3-33(21-23-10-6-4-7-11-23)40(36,37)27-17-14-25(15-18-27)30(35)34(22-24-12-8-5-9-13-24)31-32-28-20-26(38-2)16-19-29(28)39-31/h4-20H,3,21-22H2,1-2H3. The van der Waals surface area contributed by atoms with Gasteiger partial charge >= 0.3 is 0 Å². The molecule has 0 aliphatic heterocycles. The number of methoxy groups -OCH3 is 1. The molecule has 0 aliphatic carbocycles. The third kappa shape index (κ3) is 5.91. The molecule has 0 atom stereocenters. The highest BCUT2D eigenvalue weighted by atomic mass is 32.2. The van der Waals surface area contributed by atoms with E-state index in [-0.39, 0.29) is 17.3 Å². The van der Waals surface area contributed by atoms with E-state index >= 15 is 0 Å². The number of fused-ring (bicyclic) bond motifs is 1. The highest BCUT2D eigenvalue weighted by Crippen LogP contribution is 2.33. The summed E-state index contributed by atoms with van der Waals surface area (Å²) in [6.07, 6.45) is 0. The molecule has 9 heteroatoms. The zero-order valence-electron chi connectivity index (χ0n) is 22.2. The molecule has 5 rings (SSSR count). The van der Waals surface area contributed by atoms with Gasteiger partial charge in [-0.05, 0) is 47.5 Å². The molecule has 0 bridgehead atoms. The van der Waals surface area contributed by atoms with Crippen LogP contribution in [0.1, 0.15) is 28.4 Å². The van der Waals surface area contributed by atoms with Crippen LogP contribution in [0, 0.1) is 0 Å². The lowest BCUT2D eigenvalue weighted by molar-refractivity contribution is 0.0985. The number of ether oxygens (including phenoxy) is 1. The fourth-order valence-corrected chi connectivity index (χ4v) is 6.74. The predicted octanol–water partition coefficient (Wildman–Crippen LogP) is 6.36. The van der Waals surface area contributed by atoms with Gasteiger partial charge in [-0.15, -0.1) is 0 Å². The van der Waals surface area contributed by atoms with Gasteiger partial charge in [-0.2, -0.15) is 4.31 Å². The van der Waals surface area contributed by atoms with Crippen LogP contribution in [-0.4, -0.2) is 37.3 Å². The van der Waals surface area contributed by atoms with Crippen LogP contribution in [0.3, 0.4) is 0 Å².